The van der Waals surface area contributed by atoms with E-state index in [1.54, 1.807) is 23.1 Å². The van der Waals surface area contributed by atoms with Crippen molar-refractivity contribution in [1.82, 2.24) is 10.2 Å². The summed E-state index contributed by atoms with van der Waals surface area (Å²) in [7, 11) is 0. The Hall–Kier alpha value is -2.17. The Labute approximate surface area is 110 Å². The predicted octanol–water partition coefficient (Wildman–Crippen LogP) is 1.08. The molecule has 3 amide bonds. The fourth-order valence-corrected chi connectivity index (χ4v) is 2.70. The number of benzene rings is 1. The zero-order valence-corrected chi connectivity index (χ0v) is 10.8. The highest BCUT2D eigenvalue weighted by molar-refractivity contribution is 6.22. The second kappa shape index (κ2) is 3.66. The first-order chi connectivity index (χ1) is 8.90. The standard InChI is InChI=1S/C14H14N2O3/c1-14(2)6-10(17)16(14)7-8-4-3-5-9-11(8)13(19)15-12(9)18/h3-5H,6-7H2,1-2H3,(H,15,18,19). The molecule has 19 heavy (non-hydrogen) atoms. The lowest BCUT2D eigenvalue weighted by Crippen LogP contribution is -2.59. The van der Waals surface area contributed by atoms with Crippen molar-refractivity contribution in [1.29, 1.82) is 0 Å². The summed E-state index contributed by atoms with van der Waals surface area (Å²) in [6.07, 6.45) is 0.521. The monoisotopic (exact) mass is 258 g/mol. The van der Waals surface area contributed by atoms with Crippen LogP contribution in [0.1, 0.15) is 46.5 Å². The summed E-state index contributed by atoms with van der Waals surface area (Å²) >= 11 is 0. The van der Waals surface area contributed by atoms with Crippen LogP contribution in [0.4, 0.5) is 0 Å². The van der Waals surface area contributed by atoms with E-state index in [2.05, 4.69) is 5.32 Å². The van der Waals surface area contributed by atoms with Gasteiger partial charge in [0.1, 0.15) is 0 Å². The Morgan fingerprint density at radius 3 is 2.58 bits per heavy atom. The van der Waals surface area contributed by atoms with Gasteiger partial charge < -0.3 is 4.90 Å². The molecule has 0 spiro atoms. The molecular weight excluding hydrogens is 244 g/mol. The molecule has 0 aromatic heterocycles. The van der Waals surface area contributed by atoms with Crippen LogP contribution < -0.4 is 5.32 Å². The number of β-lactam (4-membered cyclic amide) rings is 1. The third-order valence-corrected chi connectivity index (χ3v) is 3.79. The minimum atomic E-state index is -0.374. The molecule has 2 aliphatic heterocycles. The van der Waals surface area contributed by atoms with E-state index in [4.69, 9.17) is 0 Å². The zero-order valence-electron chi connectivity index (χ0n) is 10.8. The molecule has 1 N–H and O–H groups in total. The van der Waals surface area contributed by atoms with Crippen LogP contribution in [0, 0.1) is 0 Å². The molecule has 1 fully saturated rings. The summed E-state index contributed by atoms with van der Waals surface area (Å²) in [5.74, 6) is -0.662. The van der Waals surface area contributed by atoms with Crippen molar-refractivity contribution < 1.29 is 14.4 Å². The van der Waals surface area contributed by atoms with Gasteiger partial charge >= 0.3 is 0 Å². The van der Waals surface area contributed by atoms with Crippen LogP contribution in [0.3, 0.4) is 0 Å². The van der Waals surface area contributed by atoms with Crippen LogP contribution >= 0.6 is 0 Å². The number of carbonyl (C=O) groups excluding carboxylic acids is 3. The summed E-state index contributed by atoms with van der Waals surface area (Å²) in [5, 5.41) is 2.28. The van der Waals surface area contributed by atoms with Crippen molar-refractivity contribution in [2.45, 2.75) is 32.4 Å². The molecule has 98 valence electrons. The molecule has 0 radical (unpaired) electrons. The van der Waals surface area contributed by atoms with Gasteiger partial charge in [-0.1, -0.05) is 12.1 Å². The van der Waals surface area contributed by atoms with E-state index < -0.39 is 0 Å². The van der Waals surface area contributed by atoms with Gasteiger partial charge in [-0.15, -0.1) is 0 Å². The highest BCUT2D eigenvalue weighted by atomic mass is 16.2. The molecule has 1 aromatic rings. The first-order valence-electron chi connectivity index (χ1n) is 6.18. The van der Waals surface area contributed by atoms with Gasteiger partial charge in [-0.05, 0) is 25.5 Å². The fourth-order valence-electron chi connectivity index (χ4n) is 2.70. The number of fused-ring (bicyclic) bond motifs is 1. The average molecular weight is 258 g/mol. The number of imide groups is 1. The number of rotatable bonds is 2. The number of hydrogen-bond acceptors (Lipinski definition) is 3. The van der Waals surface area contributed by atoms with E-state index in [0.29, 0.717) is 24.1 Å². The number of carbonyl (C=O) groups is 3. The average Bonchev–Trinajstić information content (AvgIpc) is 2.62. The highest BCUT2D eigenvalue weighted by Crippen LogP contribution is 2.33. The third kappa shape index (κ3) is 1.65. The van der Waals surface area contributed by atoms with Crippen molar-refractivity contribution in [2.24, 2.45) is 0 Å². The molecule has 5 nitrogen and oxygen atoms in total. The van der Waals surface area contributed by atoms with Gasteiger partial charge in [0.05, 0.1) is 11.1 Å². The lowest BCUT2D eigenvalue weighted by Gasteiger charge is -2.48. The largest absolute Gasteiger partial charge is 0.333 e. The second-order valence-electron chi connectivity index (χ2n) is 5.59. The third-order valence-electron chi connectivity index (χ3n) is 3.79. The Kier molecular flexibility index (Phi) is 2.29. The number of hydrogen-bond donors (Lipinski definition) is 1. The van der Waals surface area contributed by atoms with E-state index in [1.165, 1.54) is 0 Å². The Bertz CT molecular complexity index is 619. The fraction of sp³-hybridized carbons (Fsp3) is 0.357. The summed E-state index contributed by atoms with van der Waals surface area (Å²) in [4.78, 5) is 36.8. The maximum Gasteiger partial charge on any atom is 0.259 e. The molecule has 1 aromatic carbocycles. The smallest absolute Gasteiger partial charge is 0.259 e. The van der Waals surface area contributed by atoms with Crippen molar-refractivity contribution in [2.75, 3.05) is 0 Å². The molecular formula is C14H14N2O3. The maximum absolute atomic E-state index is 11.8. The van der Waals surface area contributed by atoms with Gasteiger partial charge in [-0.3, -0.25) is 19.7 Å². The first kappa shape index (κ1) is 11.9. The Balaban J connectivity index is 1.98. The van der Waals surface area contributed by atoms with E-state index in [1.807, 2.05) is 13.8 Å². The minimum Gasteiger partial charge on any atom is -0.333 e. The van der Waals surface area contributed by atoms with Gasteiger partial charge in [0.2, 0.25) is 5.91 Å². The van der Waals surface area contributed by atoms with E-state index in [9.17, 15) is 14.4 Å². The predicted molar refractivity (Wildman–Crippen MR) is 67.5 cm³/mol. The highest BCUT2D eigenvalue weighted by Gasteiger charge is 2.43. The zero-order chi connectivity index (χ0) is 13.8. The van der Waals surface area contributed by atoms with Gasteiger partial charge in [0, 0.05) is 18.5 Å². The molecule has 1 saturated heterocycles. The van der Waals surface area contributed by atoms with E-state index >= 15 is 0 Å². The lowest BCUT2D eigenvalue weighted by atomic mass is 9.87. The number of amides is 3. The van der Waals surface area contributed by atoms with Gasteiger partial charge in [-0.2, -0.15) is 0 Å². The molecule has 0 aliphatic carbocycles. The second-order valence-corrected chi connectivity index (χ2v) is 5.59. The van der Waals surface area contributed by atoms with Crippen molar-refractivity contribution >= 4 is 17.7 Å². The van der Waals surface area contributed by atoms with Crippen LogP contribution in [0.2, 0.25) is 0 Å². The molecule has 2 aliphatic rings. The molecule has 2 heterocycles. The summed E-state index contributed by atoms with van der Waals surface area (Å²) < 4.78 is 0. The van der Waals surface area contributed by atoms with Crippen LogP contribution in [0.15, 0.2) is 18.2 Å². The van der Waals surface area contributed by atoms with Crippen LogP contribution in [0.25, 0.3) is 0 Å². The SMILES string of the molecule is CC1(C)CC(=O)N1Cc1cccc2c1C(=O)NC2=O. The van der Waals surface area contributed by atoms with Crippen molar-refractivity contribution in [3.63, 3.8) is 0 Å². The molecule has 0 unspecified atom stereocenters. The van der Waals surface area contributed by atoms with Gasteiger partial charge in [0.25, 0.3) is 11.8 Å². The Morgan fingerprint density at radius 2 is 1.95 bits per heavy atom. The molecule has 0 bridgehead atoms. The van der Waals surface area contributed by atoms with E-state index in [-0.39, 0.29) is 23.3 Å². The topological polar surface area (TPSA) is 66.5 Å². The van der Waals surface area contributed by atoms with Crippen molar-refractivity contribution in [3.8, 4) is 0 Å². The van der Waals surface area contributed by atoms with Crippen LogP contribution in [-0.4, -0.2) is 28.2 Å². The lowest BCUT2D eigenvalue weighted by molar-refractivity contribution is -0.154. The number of nitrogens with one attached hydrogen (secondary N) is 1. The van der Waals surface area contributed by atoms with Gasteiger partial charge in [0.15, 0.2) is 0 Å². The van der Waals surface area contributed by atoms with Crippen LogP contribution in [0.5, 0.6) is 0 Å². The molecule has 5 heteroatoms. The molecule has 0 saturated carbocycles. The van der Waals surface area contributed by atoms with Crippen molar-refractivity contribution in [3.05, 3.63) is 34.9 Å². The number of nitrogens with zero attached hydrogens (tertiary/aromatic N) is 1. The quantitative estimate of drug-likeness (QED) is 0.637. The van der Waals surface area contributed by atoms with Gasteiger partial charge in [-0.25, -0.2) is 0 Å². The normalized spacial score (nSPS) is 20.1. The summed E-state index contributed by atoms with van der Waals surface area (Å²) in [6, 6.07) is 5.16. The minimum absolute atomic E-state index is 0.0762. The summed E-state index contributed by atoms with van der Waals surface area (Å²) in [5.41, 5.74) is 1.34. The molecule has 3 rings (SSSR count). The Morgan fingerprint density at radius 1 is 1.21 bits per heavy atom. The van der Waals surface area contributed by atoms with Crippen LogP contribution in [-0.2, 0) is 11.3 Å². The maximum atomic E-state index is 11.8. The first-order valence-corrected chi connectivity index (χ1v) is 6.18. The number of likely N-dealkylation sites (tertiary alicyclic amines) is 1. The van der Waals surface area contributed by atoms with E-state index in [0.717, 1.165) is 5.56 Å². The molecule has 0 atom stereocenters. The summed E-state index contributed by atoms with van der Waals surface area (Å²) in [6.45, 7) is 4.35.